The van der Waals surface area contributed by atoms with Gasteiger partial charge in [-0.05, 0) is 50.2 Å². The van der Waals surface area contributed by atoms with Crippen molar-refractivity contribution < 1.29 is 4.74 Å². The topological polar surface area (TPSA) is 53.1 Å². The smallest absolute Gasteiger partial charge is 0.121 e. The number of aromatic nitrogens is 2. The molecule has 2 N–H and O–H groups in total. The summed E-state index contributed by atoms with van der Waals surface area (Å²) in [4.78, 5) is 4.95. The van der Waals surface area contributed by atoms with Gasteiger partial charge in [0.1, 0.15) is 11.6 Å². The molecule has 0 spiro atoms. The molecule has 4 nitrogen and oxygen atoms in total. The van der Waals surface area contributed by atoms with Gasteiger partial charge in [0.2, 0.25) is 0 Å². The number of hydrogen-bond acceptors (Lipinski definition) is 3. The van der Waals surface area contributed by atoms with Crippen LogP contribution in [0.25, 0.3) is 11.0 Å². The second-order valence-corrected chi connectivity index (χ2v) is 6.51. The molecule has 1 aromatic heterocycles. The van der Waals surface area contributed by atoms with Crippen LogP contribution in [0.15, 0.2) is 18.2 Å². The molecule has 21 heavy (non-hydrogen) atoms. The summed E-state index contributed by atoms with van der Waals surface area (Å²) in [5.74, 6) is 3.93. The highest BCUT2D eigenvalue weighted by molar-refractivity contribution is 5.78. The van der Waals surface area contributed by atoms with Crippen LogP contribution in [-0.2, 0) is 6.54 Å². The lowest BCUT2D eigenvalue weighted by Gasteiger charge is -2.28. The van der Waals surface area contributed by atoms with Gasteiger partial charge >= 0.3 is 0 Å². The lowest BCUT2D eigenvalue weighted by Crippen LogP contribution is -2.35. The van der Waals surface area contributed by atoms with Crippen molar-refractivity contribution in [3.8, 4) is 5.75 Å². The van der Waals surface area contributed by atoms with Gasteiger partial charge < -0.3 is 15.0 Å². The fraction of sp³-hybridized carbons (Fsp3) is 0.588. The molecule has 0 aliphatic heterocycles. The Morgan fingerprint density at radius 2 is 2.14 bits per heavy atom. The van der Waals surface area contributed by atoms with Crippen molar-refractivity contribution in [3.63, 3.8) is 0 Å². The van der Waals surface area contributed by atoms with Crippen molar-refractivity contribution in [1.29, 1.82) is 0 Å². The molecule has 2 aromatic rings. The van der Waals surface area contributed by atoms with E-state index in [9.17, 15) is 0 Å². The Morgan fingerprint density at radius 3 is 2.81 bits per heavy atom. The third-order valence-corrected chi connectivity index (χ3v) is 5.58. The van der Waals surface area contributed by atoms with Crippen molar-refractivity contribution in [2.75, 3.05) is 7.11 Å². The predicted molar refractivity (Wildman–Crippen MR) is 83.5 cm³/mol. The number of rotatable bonds is 3. The maximum Gasteiger partial charge on any atom is 0.121 e. The molecule has 0 radical (unpaired) electrons. The monoisotopic (exact) mass is 285 g/mol. The number of ether oxygens (including phenoxy) is 1. The van der Waals surface area contributed by atoms with E-state index in [4.69, 9.17) is 15.5 Å². The number of aryl methyl sites for hydroxylation is 1. The summed E-state index contributed by atoms with van der Waals surface area (Å²) in [6.07, 6.45) is 3.92. The van der Waals surface area contributed by atoms with E-state index < -0.39 is 0 Å². The zero-order valence-electron chi connectivity index (χ0n) is 12.7. The molecule has 2 aliphatic rings. The van der Waals surface area contributed by atoms with Crippen LogP contribution < -0.4 is 10.5 Å². The molecule has 4 atom stereocenters. The molecule has 2 aliphatic carbocycles. The van der Waals surface area contributed by atoms with Crippen LogP contribution in [0.2, 0.25) is 0 Å². The van der Waals surface area contributed by atoms with Crippen molar-refractivity contribution in [2.24, 2.45) is 17.6 Å². The summed E-state index contributed by atoms with van der Waals surface area (Å²) in [5.41, 5.74) is 8.75. The second kappa shape index (κ2) is 4.73. The Hall–Kier alpha value is -1.55. The number of benzene rings is 1. The zero-order valence-corrected chi connectivity index (χ0v) is 12.7. The number of hydrogen-bond donors (Lipinski definition) is 1. The van der Waals surface area contributed by atoms with Gasteiger partial charge in [-0.15, -0.1) is 0 Å². The van der Waals surface area contributed by atoms with E-state index in [1.54, 1.807) is 7.11 Å². The predicted octanol–water partition coefficient (Wildman–Crippen LogP) is 2.91. The molecule has 4 unspecified atom stereocenters. The molecule has 4 rings (SSSR count). The zero-order chi connectivity index (χ0) is 14.6. The normalized spacial score (nSPS) is 31.2. The van der Waals surface area contributed by atoms with Crippen LogP contribution >= 0.6 is 0 Å². The molecule has 2 saturated carbocycles. The maximum absolute atomic E-state index is 6.52. The maximum atomic E-state index is 6.52. The minimum Gasteiger partial charge on any atom is -0.497 e. The van der Waals surface area contributed by atoms with Gasteiger partial charge in [0.25, 0.3) is 0 Å². The Bertz CT molecular complexity index is 676. The number of nitrogens with zero attached hydrogens (tertiary/aromatic N) is 2. The highest BCUT2D eigenvalue weighted by Gasteiger charge is 2.48. The molecule has 1 heterocycles. The van der Waals surface area contributed by atoms with E-state index in [-0.39, 0.29) is 6.04 Å². The van der Waals surface area contributed by atoms with Gasteiger partial charge in [0.15, 0.2) is 0 Å². The lowest BCUT2D eigenvalue weighted by molar-refractivity contribution is 0.347. The van der Waals surface area contributed by atoms with Gasteiger partial charge in [-0.1, -0.05) is 0 Å². The highest BCUT2D eigenvalue weighted by atomic mass is 16.5. The number of fused-ring (bicyclic) bond motifs is 3. The van der Waals surface area contributed by atoms with E-state index in [1.807, 2.05) is 12.1 Å². The van der Waals surface area contributed by atoms with Gasteiger partial charge in [0, 0.05) is 24.6 Å². The highest BCUT2D eigenvalue weighted by Crippen LogP contribution is 2.52. The van der Waals surface area contributed by atoms with Gasteiger partial charge in [-0.3, -0.25) is 0 Å². The van der Waals surface area contributed by atoms with E-state index in [0.717, 1.165) is 23.7 Å². The minimum absolute atomic E-state index is 0.285. The second-order valence-electron chi connectivity index (χ2n) is 6.51. The van der Waals surface area contributed by atoms with E-state index in [0.29, 0.717) is 11.8 Å². The SMILES string of the molecule is CCn1c(C2C3CCC(C3)C2N)nc2cc(OC)ccc21. The Kier molecular flexibility index (Phi) is 2.96. The minimum atomic E-state index is 0.285. The van der Waals surface area contributed by atoms with E-state index in [2.05, 4.69) is 17.6 Å². The van der Waals surface area contributed by atoms with E-state index >= 15 is 0 Å². The van der Waals surface area contributed by atoms with Crippen LogP contribution in [0.1, 0.15) is 37.9 Å². The standard InChI is InChI=1S/C17H23N3O/c1-3-20-14-7-6-12(21-2)9-13(14)19-17(20)15-10-4-5-11(8-10)16(15)18/h6-7,9-11,15-16H,3-5,8,18H2,1-2H3. The van der Waals surface area contributed by atoms with Crippen LogP contribution in [0, 0.1) is 11.8 Å². The first-order chi connectivity index (χ1) is 10.2. The molecule has 1 aromatic carbocycles. The first-order valence-electron chi connectivity index (χ1n) is 8.02. The molecule has 4 heteroatoms. The van der Waals surface area contributed by atoms with Crippen LogP contribution in [0.3, 0.4) is 0 Å². The van der Waals surface area contributed by atoms with E-state index in [1.165, 1.54) is 30.6 Å². The summed E-state index contributed by atoms with van der Waals surface area (Å²) >= 11 is 0. The number of methoxy groups -OCH3 is 1. The first kappa shape index (κ1) is 13.1. The largest absolute Gasteiger partial charge is 0.497 e. The van der Waals surface area contributed by atoms with Crippen molar-refractivity contribution in [1.82, 2.24) is 9.55 Å². The molecule has 112 valence electrons. The Labute approximate surface area is 125 Å². The third kappa shape index (κ3) is 1.81. The van der Waals surface area contributed by atoms with Crippen molar-refractivity contribution in [3.05, 3.63) is 24.0 Å². The summed E-state index contributed by atoms with van der Waals surface area (Å²) in [5, 5.41) is 0. The fourth-order valence-corrected chi connectivity index (χ4v) is 4.56. The number of imidazole rings is 1. The average Bonchev–Trinajstić information content (AvgIpc) is 3.17. The molecule has 2 bridgehead atoms. The van der Waals surface area contributed by atoms with Crippen molar-refractivity contribution >= 4 is 11.0 Å². The first-order valence-corrected chi connectivity index (χ1v) is 8.02. The summed E-state index contributed by atoms with van der Waals surface area (Å²) in [6, 6.07) is 6.45. The van der Waals surface area contributed by atoms with Gasteiger partial charge in [0.05, 0.1) is 18.1 Å². The summed E-state index contributed by atoms with van der Waals surface area (Å²) in [7, 11) is 1.70. The molecular formula is C17H23N3O. The van der Waals surface area contributed by atoms with Crippen LogP contribution in [0.4, 0.5) is 0 Å². The number of nitrogens with two attached hydrogens (primary N) is 1. The molecule has 0 amide bonds. The molecule has 2 fully saturated rings. The molecular weight excluding hydrogens is 262 g/mol. The quantitative estimate of drug-likeness (QED) is 0.943. The third-order valence-electron chi connectivity index (χ3n) is 5.58. The van der Waals surface area contributed by atoms with Crippen LogP contribution in [0.5, 0.6) is 5.75 Å². The molecule has 0 saturated heterocycles. The Balaban J connectivity index is 1.84. The average molecular weight is 285 g/mol. The Morgan fingerprint density at radius 1 is 1.33 bits per heavy atom. The summed E-state index contributed by atoms with van der Waals surface area (Å²) < 4.78 is 7.67. The van der Waals surface area contributed by atoms with Gasteiger partial charge in [-0.2, -0.15) is 0 Å². The fourth-order valence-electron chi connectivity index (χ4n) is 4.56. The van der Waals surface area contributed by atoms with Crippen LogP contribution in [-0.4, -0.2) is 22.7 Å². The van der Waals surface area contributed by atoms with Gasteiger partial charge in [-0.25, -0.2) is 4.98 Å². The lowest BCUT2D eigenvalue weighted by atomic mass is 9.84. The summed E-state index contributed by atoms with van der Waals surface area (Å²) in [6.45, 7) is 3.13. The van der Waals surface area contributed by atoms with Crippen molar-refractivity contribution in [2.45, 2.75) is 44.7 Å².